The van der Waals surface area contributed by atoms with Gasteiger partial charge in [0.2, 0.25) is 0 Å². The molecule has 0 radical (unpaired) electrons. The lowest BCUT2D eigenvalue weighted by atomic mass is 10.0. The molecule has 0 saturated heterocycles. The molecule has 0 fully saturated rings. The van der Waals surface area contributed by atoms with Crippen molar-refractivity contribution in [1.82, 2.24) is 0 Å². The van der Waals surface area contributed by atoms with Crippen molar-refractivity contribution < 1.29 is 13.5 Å². The summed E-state index contributed by atoms with van der Waals surface area (Å²) in [6, 6.07) is 13.8. The summed E-state index contributed by atoms with van der Waals surface area (Å²) in [7, 11) is 0. The molecule has 0 bridgehead atoms. The number of rotatable bonds is 3. The first kappa shape index (κ1) is 12.1. The largest absolute Gasteiger partial charge is 0.435 e. The van der Waals surface area contributed by atoms with Gasteiger partial charge in [-0.3, -0.25) is 0 Å². The monoisotopic (exact) mass is 244 g/mol. The zero-order valence-corrected chi connectivity index (χ0v) is 9.44. The lowest BCUT2D eigenvalue weighted by Gasteiger charge is -2.07. The number of hydrogen-bond acceptors (Lipinski definition) is 1. The Balaban J connectivity index is 2.29. The molecule has 0 unspecified atom stereocenters. The van der Waals surface area contributed by atoms with Gasteiger partial charge >= 0.3 is 6.61 Å². The van der Waals surface area contributed by atoms with Crippen molar-refractivity contribution in [2.45, 2.75) is 6.61 Å². The molecule has 0 aromatic heterocycles. The average Bonchev–Trinajstić information content (AvgIpc) is 2.38. The second-order valence-corrected chi connectivity index (χ2v) is 3.63. The van der Waals surface area contributed by atoms with E-state index < -0.39 is 6.61 Å². The number of terminal acetylenes is 1. The van der Waals surface area contributed by atoms with E-state index in [4.69, 9.17) is 6.42 Å². The highest BCUT2D eigenvalue weighted by Crippen LogP contribution is 2.25. The van der Waals surface area contributed by atoms with Gasteiger partial charge in [-0.25, -0.2) is 0 Å². The van der Waals surface area contributed by atoms with Crippen molar-refractivity contribution in [3.8, 4) is 29.2 Å². The summed E-state index contributed by atoms with van der Waals surface area (Å²) in [4.78, 5) is 0. The molecule has 0 amide bonds. The molecule has 0 saturated carbocycles. The van der Waals surface area contributed by atoms with E-state index in [-0.39, 0.29) is 5.75 Å². The molecule has 0 spiro atoms. The molecular formula is C15H10F2O. The van der Waals surface area contributed by atoms with E-state index in [0.29, 0.717) is 0 Å². The van der Waals surface area contributed by atoms with Crippen molar-refractivity contribution in [3.05, 3.63) is 54.1 Å². The molecule has 2 aromatic carbocycles. The van der Waals surface area contributed by atoms with Gasteiger partial charge in [-0.05, 0) is 35.4 Å². The van der Waals surface area contributed by atoms with Gasteiger partial charge in [0.05, 0.1) is 0 Å². The van der Waals surface area contributed by atoms with Crippen LogP contribution in [0.25, 0.3) is 11.1 Å². The molecule has 0 atom stereocenters. The maximum atomic E-state index is 12.1. The van der Waals surface area contributed by atoms with Crippen LogP contribution in [-0.4, -0.2) is 6.61 Å². The number of benzene rings is 2. The average molecular weight is 244 g/mol. The third kappa shape index (κ3) is 2.86. The van der Waals surface area contributed by atoms with Crippen molar-refractivity contribution in [2.24, 2.45) is 0 Å². The topological polar surface area (TPSA) is 9.23 Å². The van der Waals surface area contributed by atoms with Gasteiger partial charge in [0.1, 0.15) is 5.75 Å². The molecule has 3 heteroatoms. The fourth-order valence-electron chi connectivity index (χ4n) is 1.61. The van der Waals surface area contributed by atoms with E-state index in [2.05, 4.69) is 10.7 Å². The van der Waals surface area contributed by atoms with Gasteiger partial charge in [0.15, 0.2) is 0 Å². The Hall–Kier alpha value is -2.34. The maximum Gasteiger partial charge on any atom is 0.387 e. The first-order valence-electron chi connectivity index (χ1n) is 5.31. The maximum absolute atomic E-state index is 12.1. The molecule has 0 aliphatic carbocycles. The number of ether oxygens (including phenoxy) is 1. The summed E-state index contributed by atoms with van der Waals surface area (Å²) >= 11 is 0. The predicted molar refractivity (Wildman–Crippen MR) is 66.4 cm³/mol. The minimum Gasteiger partial charge on any atom is -0.435 e. The van der Waals surface area contributed by atoms with Crippen LogP contribution in [-0.2, 0) is 0 Å². The number of halogens is 2. The Bertz CT molecular complexity index is 568. The lowest BCUT2D eigenvalue weighted by Crippen LogP contribution is -2.01. The molecule has 2 rings (SSSR count). The summed E-state index contributed by atoms with van der Waals surface area (Å²) in [6.07, 6.45) is 5.26. The van der Waals surface area contributed by atoms with Crippen LogP contribution < -0.4 is 4.74 Å². The van der Waals surface area contributed by atoms with Gasteiger partial charge < -0.3 is 4.74 Å². The predicted octanol–water partition coefficient (Wildman–Crippen LogP) is 3.94. The van der Waals surface area contributed by atoms with E-state index >= 15 is 0 Å². The molecule has 0 heterocycles. The van der Waals surface area contributed by atoms with E-state index in [1.165, 1.54) is 6.07 Å². The fourth-order valence-corrected chi connectivity index (χ4v) is 1.61. The normalized spacial score (nSPS) is 10.1. The van der Waals surface area contributed by atoms with Gasteiger partial charge in [-0.15, -0.1) is 6.42 Å². The van der Waals surface area contributed by atoms with Crippen molar-refractivity contribution in [1.29, 1.82) is 0 Å². The number of hydrogen-bond donors (Lipinski definition) is 0. The quantitative estimate of drug-likeness (QED) is 0.743. The second-order valence-electron chi connectivity index (χ2n) is 3.63. The first-order valence-corrected chi connectivity index (χ1v) is 5.31. The van der Waals surface area contributed by atoms with Crippen LogP contribution >= 0.6 is 0 Å². The smallest absolute Gasteiger partial charge is 0.387 e. The summed E-state index contributed by atoms with van der Waals surface area (Å²) in [6.45, 7) is -2.82. The van der Waals surface area contributed by atoms with Crippen molar-refractivity contribution >= 4 is 0 Å². The van der Waals surface area contributed by atoms with Crippen LogP contribution in [0.4, 0.5) is 8.78 Å². The van der Waals surface area contributed by atoms with Gasteiger partial charge in [-0.1, -0.05) is 30.2 Å². The molecule has 0 aliphatic rings. The SMILES string of the molecule is C#Cc1ccc(-c2cccc(OC(F)F)c2)cc1. The zero-order chi connectivity index (χ0) is 13.0. The van der Waals surface area contributed by atoms with Crippen LogP contribution in [0.1, 0.15) is 5.56 Å². The minimum atomic E-state index is -2.82. The summed E-state index contributed by atoms with van der Waals surface area (Å²) in [5.41, 5.74) is 2.48. The van der Waals surface area contributed by atoms with E-state index in [1.807, 2.05) is 18.2 Å². The van der Waals surface area contributed by atoms with Crippen LogP contribution in [0.5, 0.6) is 5.75 Å². The van der Waals surface area contributed by atoms with Crippen LogP contribution in [0.15, 0.2) is 48.5 Å². The Labute approximate surface area is 104 Å². The molecule has 0 aliphatic heterocycles. The highest BCUT2D eigenvalue weighted by atomic mass is 19.3. The third-order valence-corrected chi connectivity index (χ3v) is 2.44. The minimum absolute atomic E-state index is 0.142. The molecule has 0 N–H and O–H groups in total. The summed E-state index contributed by atoms with van der Waals surface area (Å²) in [5.74, 6) is 2.66. The fraction of sp³-hybridized carbons (Fsp3) is 0.0667. The number of alkyl halides is 2. The van der Waals surface area contributed by atoms with Gasteiger partial charge in [-0.2, -0.15) is 8.78 Å². The molecular weight excluding hydrogens is 234 g/mol. The zero-order valence-electron chi connectivity index (χ0n) is 9.44. The molecule has 2 aromatic rings. The molecule has 1 nitrogen and oxygen atoms in total. The van der Waals surface area contributed by atoms with Crippen LogP contribution in [0.2, 0.25) is 0 Å². The van der Waals surface area contributed by atoms with Crippen molar-refractivity contribution in [2.75, 3.05) is 0 Å². The van der Waals surface area contributed by atoms with Gasteiger partial charge in [0.25, 0.3) is 0 Å². The third-order valence-electron chi connectivity index (χ3n) is 2.44. The standard InChI is InChI=1S/C15H10F2O/c1-2-11-6-8-12(9-7-11)13-4-3-5-14(10-13)18-15(16)17/h1,3-10,15H. The van der Waals surface area contributed by atoms with E-state index in [1.54, 1.807) is 24.3 Å². The molecule has 90 valence electrons. The van der Waals surface area contributed by atoms with Gasteiger partial charge in [0, 0.05) is 5.56 Å². The first-order chi connectivity index (χ1) is 8.69. The highest BCUT2D eigenvalue weighted by molar-refractivity contribution is 5.65. The Morgan fingerprint density at radius 2 is 1.72 bits per heavy atom. The van der Waals surface area contributed by atoms with Crippen LogP contribution in [0.3, 0.4) is 0 Å². The second kappa shape index (κ2) is 5.33. The molecule has 18 heavy (non-hydrogen) atoms. The highest BCUT2D eigenvalue weighted by Gasteiger charge is 2.05. The Morgan fingerprint density at radius 1 is 1.00 bits per heavy atom. The Kier molecular flexibility index (Phi) is 3.59. The lowest BCUT2D eigenvalue weighted by molar-refractivity contribution is -0.0498. The Morgan fingerprint density at radius 3 is 2.33 bits per heavy atom. The van der Waals surface area contributed by atoms with Crippen LogP contribution in [0, 0.1) is 12.3 Å². The summed E-state index contributed by atoms with van der Waals surface area (Å²) in [5, 5.41) is 0. The van der Waals surface area contributed by atoms with E-state index in [9.17, 15) is 8.78 Å². The summed E-state index contributed by atoms with van der Waals surface area (Å²) < 4.78 is 28.6. The van der Waals surface area contributed by atoms with E-state index in [0.717, 1.165) is 16.7 Å². The van der Waals surface area contributed by atoms with Crippen molar-refractivity contribution in [3.63, 3.8) is 0 Å².